The number of fused-ring (bicyclic) bond motifs is 7. The Bertz CT molecular complexity index is 3040. The number of rotatable bonds is 5. The van der Waals surface area contributed by atoms with Gasteiger partial charge in [0.25, 0.3) is 0 Å². The van der Waals surface area contributed by atoms with Crippen molar-refractivity contribution in [2.75, 3.05) is 0 Å². The van der Waals surface area contributed by atoms with Gasteiger partial charge in [0.1, 0.15) is 0 Å². The van der Waals surface area contributed by atoms with Gasteiger partial charge in [-0.05, 0) is 78.0 Å². The Morgan fingerprint density at radius 2 is 0.727 bits per heavy atom. The van der Waals surface area contributed by atoms with Crippen LogP contribution in [0.1, 0.15) is 0 Å². The van der Waals surface area contributed by atoms with Crippen LogP contribution in [0.15, 0.2) is 206 Å². The molecule has 0 saturated carbocycles. The van der Waals surface area contributed by atoms with Gasteiger partial charge in [0.2, 0.25) is 0 Å². The monoisotopic (exact) mass is 714 g/mol. The standard InChI is InChI=1S/C52H34N2Si/c1-3-11-36(12-4-1)47-31-27-37-19-20-38-28-32-48(54-52(38)51(37)53-47)42-24-23-40-33-39(21-22-41(40)34-42)35-25-29-44(30-26-35)55(43-13-5-2-6-14-43)49-17-9-7-15-45(49)46-16-8-10-18-50(46)55/h1-34H. The van der Waals surface area contributed by atoms with Gasteiger partial charge in [-0.25, -0.2) is 9.97 Å². The normalized spacial score (nSPS) is 12.9. The fourth-order valence-electron chi connectivity index (χ4n) is 8.91. The lowest BCUT2D eigenvalue weighted by molar-refractivity contribution is 1.37. The summed E-state index contributed by atoms with van der Waals surface area (Å²) in [4.78, 5) is 10.3. The fourth-order valence-corrected chi connectivity index (χ4v) is 14.1. The van der Waals surface area contributed by atoms with Crippen LogP contribution in [0, 0.1) is 0 Å². The lowest BCUT2D eigenvalue weighted by Crippen LogP contribution is -2.72. The third kappa shape index (κ3) is 5.01. The molecule has 10 aromatic rings. The summed E-state index contributed by atoms with van der Waals surface area (Å²) in [6.07, 6.45) is 0. The largest absolute Gasteiger partial charge is 0.245 e. The number of hydrogen-bond acceptors (Lipinski definition) is 2. The quantitative estimate of drug-likeness (QED) is 0.131. The summed E-state index contributed by atoms with van der Waals surface area (Å²) in [6.45, 7) is 0. The molecule has 11 rings (SSSR count). The molecule has 0 spiro atoms. The van der Waals surface area contributed by atoms with Gasteiger partial charge in [0.15, 0.2) is 8.07 Å². The van der Waals surface area contributed by atoms with E-state index in [-0.39, 0.29) is 0 Å². The minimum Gasteiger partial charge on any atom is -0.245 e. The number of pyridine rings is 2. The lowest BCUT2D eigenvalue weighted by atomic mass is 9.99. The smallest absolute Gasteiger partial charge is 0.180 e. The van der Waals surface area contributed by atoms with Gasteiger partial charge in [-0.3, -0.25) is 0 Å². The predicted octanol–water partition coefficient (Wildman–Crippen LogP) is 10.3. The minimum absolute atomic E-state index is 0.924. The molecule has 2 nitrogen and oxygen atoms in total. The zero-order valence-corrected chi connectivity index (χ0v) is 31.0. The average Bonchev–Trinajstić information content (AvgIpc) is 3.57. The molecule has 8 aromatic carbocycles. The lowest BCUT2D eigenvalue weighted by Gasteiger charge is -2.31. The van der Waals surface area contributed by atoms with Gasteiger partial charge in [-0.15, -0.1) is 0 Å². The first kappa shape index (κ1) is 31.6. The fraction of sp³-hybridized carbons (Fsp3) is 0. The zero-order valence-electron chi connectivity index (χ0n) is 30.0. The highest BCUT2D eigenvalue weighted by Gasteiger charge is 2.48. The summed E-state index contributed by atoms with van der Waals surface area (Å²) in [6, 6.07) is 75.4. The van der Waals surface area contributed by atoms with Crippen LogP contribution in [0.3, 0.4) is 0 Å². The van der Waals surface area contributed by atoms with Gasteiger partial charge in [0, 0.05) is 21.9 Å². The molecule has 0 atom stereocenters. The summed E-state index contributed by atoms with van der Waals surface area (Å²) in [5.41, 5.74) is 11.1. The van der Waals surface area contributed by atoms with Crippen molar-refractivity contribution in [2.45, 2.75) is 0 Å². The third-order valence-corrected chi connectivity index (χ3v) is 16.4. The second-order valence-electron chi connectivity index (χ2n) is 14.5. The molecule has 0 fully saturated rings. The maximum atomic E-state index is 5.22. The second-order valence-corrected chi connectivity index (χ2v) is 18.3. The van der Waals surface area contributed by atoms with E-state index in [1.807, 2.05) is 6.07 Å². The van der Waals surface area contributed by atoms with Crippen molar-refractivity contribution in [3.63, 3.8) is 0 Å². The highest BCUT2D eigenvalue weighted by molar-refractivity contribution is 7.22. The zero-order chi connectivity index (χ0) is 36.3. The first-order chi connectivity index (χ1) is 27.2. The first-order valence-electron chi connectivity index (χ1n) is 18.9. The Kier molecular flexibility index (Phi) is 7.22. The van der Waals surface area contributed by atoms with Crippen LogP contribution in [-0.4, -0.2) is 18.0 Å². The predicted molar refractivity (Wildman–Crippen MR) is 233 cm³/mol. The van der Waals surface area contributed by atoms with E-state index in [4.69, 9.17) is 9.97 Å². The van der Waals surface area contributed by atoms with Crippen molar-refractivity contribution in [3.8, 4) is 44.8 Å². The number of hydrogen-bond donors (Lipinski definition) is 0. The van der Waals surface area contributed by atoms with Crippen molar-refractivity contribution < 1.29 is 0 Å². The van der Waals surface area contributed by atoms with Crippen LogP contribution in [0.4, 0.5) is 0 Å². The summed E-state index contributed by atoms with van der Waals surface area (Å²) >= 11 is 0. The molecule has 256 valence electrons. The van der Waals surface area contributed by atoms with E-state index in [0.717, 1.165) is 44.3 Å². The SMILES string of the molecule is c1ccc(-c2ccc3ccc4ccc(-c5ccc6cc(-c7ccc([Si]8(c9ccccc9)c9ccccc9-c9ccccc98)cc7)ccc6c5)nc4c3n2)cc1. The first-order valence-corrected chi connectivity index (χ1v) is 20.9. The number of aromatic nitrogens is 2. The van der Waals surface area contributed by atoms with Crippen LogP contribution in [0.5, 0.6) is 0 Å². The van der Waals surface area contributed by atoms with Crippen LogP contribution in [0.25, 0.3) is 77.3 Å². The van der Waals surface area contributed by atoms with Crippen molar-refractivity contribution in [1.82, 2.24) is 9.97 Å². The van der Waals surface area contributed by atoms with Crippen LogP contribution in [-0.2, 0) is 0 Å². The van der Waals surface area contributed by atoms with E-state index in [2.05, 4.69) is 200 Å². The molecule has 0 amide bonds. The molecule has 55 heavy (non-hydrogen) atoms. The van der Waals surface area contributed by atoms with Gasteiger partial charge in [-0.2, -0.15) is 0 Å². The Morgan fingerprint density at radius 1 is 0.291 bits per heavy atom. The Hall–Kier alpha value is -6.94. The van der Waals surface area contributed by atoms with Crippen molar-refractivity contribution in [2.24, 2.45) is 0 Å². The topological polar surface area (TPSA) is 25.8 Å². The molecule has 3 heteroatoms. The Morgan fingerprint density at radius 3 is 1.35 bits per heavy atom. The summed E-state index contributed by atoms with van der Waals surface area (Å²) in [7, 11) is -2.49. The summed E-state index contributed by atoms with van der Waals surface area (Å²) in [5.74, 6) is 0. The highest BCUT2D eigenvalue weighted by atomic mass is 28.3. The van der Waals surface area contributed by atoms with Crippen molar-refractivity contribution >= 4 is 61.4 Å². The van der Waals surface area contributed by atoms with Gasteiger partial charge >= 0.3 is 0 Å². The second kappa shape index (κ2) is 12.6. The van der Waals surface area contributed by atoms with Gasteiger partial charge in [0.05, 0.1) is 22.4 Å². The molecule has 0 radical (unpaired) electrons. The van der Waals surface area contributed by atoms with Crippen LogP contribution < -0.4 is 20.7 Å². The number of nitrogens with zero attached hydrogens (tertiary/aromatic N) is 2. The average molecular weight is 715 g/mol. The van der Waals surface area contributed by atoms with E-state index in [9.17, 15) is 0 Å². The molecule has 0 bridgehead atoms. The van der Waals surface area contributed by atoms with Gasteiger partial charge in [-0.1, -0.05) is 182 Å². The molecule has 0 N–H and O–H groups in total. The van der Waals surface area contributed by atoms with E-state index < -0.39 is 8.07 Å². The minimum atomic E-state index is -2.49. The molecule has 2 aromatic heterocycles. The molecule has 1 aliphatic heterocycles. The van der Waals surface area contributed by atoms with E-state index >= 15 is 0 Å². The van der Waals surface area contributed by atoms with E-state index in [1.54, 1.807) is 0 Å². The molecule has 3 heterocycles. The summed E-state index contributed by atoms with van der Waals surface area (Å²) < 4.78 is 0. The van der Waals surface area contributed by atoms with Crippen LogP contribution in [0.2, 0.25) is 0 Å². The highest BCUT2D eigenvalue weighted by Crippen LogP contribution is 2.33. The molecule has 0 unspecified atom stereocenters. The third-order valence-electron chi connectivity index (χ3n) is 11.5. The van der Waals surface area contributed by atoms with E-state index in [0.29, 0.717) is 0 Å². The van der Waals surface area contributed by atoms with Crippen molar-refractivity contribution in [1.29, 1.82) is 0 Å². The maximum absolute atomic E-state index is 5.22. The van der Waals surface area contributed by atoms with E-state index in [1.165, 1.54) is 53.8 Å². The molecule has 1 aliphatic rings. The Balaban J connectivity index is 0.957. The van der Waals surface area contributed by atoms with Gasteiger partial charge < -0.3 is 0 Å². The Labute approximate surface area is 321 Å². The van der Waals surface area contributed by atoms with Crippen LogP contribution >= 0.6 is 0 Å². The molecular weight excluding hydrogens is 681 g/mol. The summed E-state index contributed by atoms with van der Waals surface area (Å²) in [5, 5.41) is 10.3. The molecular formula is C52H34N2Si. The molecule has 0 saturated heterocycles. The number of benzene rings is 8. The van der Waals surface area contributed by atoms with Crippen molar-refractivity contribution in [3.05, 3.63) is 206 Å². The molecule has 0 aliphatic carbocycles. The maximum Gasteiger partial charge on any atom is 0.180 e.